The van der Waals surface area contributed by atoms with E-state index in [1.165, 1.54) is 0 Å². The molecule has 5 nitrogen and oxygen atoms in total. The normalized spacial score (nSPS) is 11.5. The average Bonchev–Trinajstić information content (AvgIpc) is 3.03. The highest BCUT2D eigenvalue weighted by molar-refractivity contribution is 6.01. The first-order valence-corrected chi connectivity index (χ1v) is 8.45. The van der Waals surface area contributed by atoms with Crippen LogP contribution in [-0.2, 0) is 6.42 Å². The molecule has 0 saturated heterocycles. The van der Waals surface area contributed by atoms with Crippen LogP contribution in [0.15, 0.2) is 48.5 Å². The van der Waals surface area contributed by atoms with Crippen LogP contribution in [0.3, 0.4) is 0 Å². The highest BCUT2D eigenvalue weighted by atomic mass is 16.5. The summed E-state index contributed by atoms with van der Waals surface area (Å²) in [4.78, 5) is 0. The summed E-state index contributed by atoms with van der Waals surface area (Å²) in [6.07, 6.45) is 0.842. The van der Waals surface area contributed by atoms with Crippen molar-refractivity contribution in [3.63, 3.8) is 0 Å². The van der Waals surface area contributed by atoms with Gasteiger partial charge in [0, 0.05) is 22.8 Å². The topological polar surface area (TPSA) is 52.3 Å². The largest absolute Gasteiger partial charge is 0.497 e. The minimum Gasteiger partial charge on any atom is -0.497 e. The molecule has 0 fully saturated rings. The number of hydrogen-bond acceptors (Lipinski definition) is 4. The molecule has 25 heavy (non-hydrogen) atoms. The predicted molar refractivity (Wildman–Crippen MR) is 98.8 cm³/mol. The van der Waals surface area contributed by atoms with Crippen LogP contribution in [0, 0.1) is 5.92 Å². The van der Waals surface area contributed by atoms with Crippen LogP contribution in [-0.4, -0.2) is 26.9 Å². The molecule has 2 heterocycles. The van der Waals surface area contributed by atoms with Crippen molar-refractivity contribution in [2.24, 2.45) is 5.92 Å². The number of aromatic nitrogens is 4. The molecule has 0 aliphatic heterocycles. The second-order valence-electron chi connectivity index (χ2n) is 6.57. The van der Waals surface area contributed by atoms with Crippen LogP contribution < -0.4 is 4.74 Å². The van der Waals surface area contributed by atoms with Gasteiger partial charge in [-0.05, 0) is 30.2 Å². The van der Waals surface area contributed by atoms with Crippen LogP contribution >= 0.6 is 0 Å². The van der Waals surface area contributed by atoms with Gasteiger partial charge in [0.15, 0.2) is 11.5 Å². The second kappa shape index (κ2) is 6.16. The standard InChI is InChI=1S/C20H20N4O/c1-13(2)12-18-21-22-20-17-7-5-4-6-16(17)19(23-24(18)20)14-8-10-15(25-3)11-9-14/h4-11,13H,12H2,1-3H3. The van der Waals surface area contributed by atoms with Crippen molar-refractivity contribution in [3.05, 3.63) is 54.4 Å². The van der Waals surface area contributed by atoms with E-state index in [-0.39, 0.29) is 0 Å². The zero-order valence-electron chi connectivity index (χ0n) is 14.6. The maximum absolute atomic E-state index is 5.27. The monoisotopic (exact) mass is 332 g/mol. The van der Waals surface area contributed by atoms with Crippen molar-refractivity contribution in [2.45, 2.75) is 20.3 Å². The summed E-state index contributed by atoms with van der Waals surface area (Å²) in [5.74, 6) is 2.22. The van der Waals surface area contributed by atoms with Gasteiger partial charge in [0.05, 0.1) is 12.8 Å². The lowest BCUT2D eigenvalue weighted by atomic mass is 10.0. The minimum absolute atomic E-state index is 0.491. The van der Waals surface area contributed by atoms with Gasteiger partial charge in [-0.15, -0.1) is 10.2 Å². The maximum atomic E-state index is 5.27. The molecule has 0 saturated carbocycles. The highest BCUT2D eigenvalue weighted by Gasteiger charge is 2.15. The Kier molecular flexibility index (Phi) is 3.84. The number of hydrogen-bond donors (Lipinski definition) is 0. The number of fused-ring (bicyclic) bond motifs is 3. The zero-order chi connectivity index (χ0) is 17.4. The summed E-state index contributed by atoms with van der Waals surface area (Å²) in [5.41, 5.74) is 2.78. The fraction of sp³-hybridized carbons (Fsp3) is 0.250. The van der Waals surface area contributed by atoms with Gasteiger partial charge < -0.3 is 4.74 Å². The fourth-order valence-corrected chi connectivity index (χ4v) is 3.08. The van der Waals surface area contributed by atoms with Gasteiger partial charge in [0.2, 0.25) is 0 Å². The first kappa shape index (κ1) is 15.6. The van der Waals surface area contributed by atoms with Crippen LogP contribution in [0.25, 0.3) is 27.7 Å². The minimum atomic E-state index is 0.491. The van der Waals surface area contributed by atoms with Crippen LogP contribution in [0.1, 0.15) is 19.7 Å². The van der Waals surface area contributed by atoms with Gasteiger partial charge in [0.1, 0.15) is 5.75 Å². The molecule has 0 amide bonds. The molecule has 0 spiro atoms. The molecule has 4 aromatic rings. The van der Waals surface area contributed by atoms with E-state index >= 15 is 0 Å². The Morgan fingerprint density at radius 2 is 1.68 bits per heavy atom. The molecule has 126 valence electrons. The molecule has 0 atom stereocenters. The number of rotatable bonds is 4. The molecule has 2 aromatic carbocycles. The SMILES string of the molecule is COc1ccc(-c2nn3c(CC(C)C)nnc3c3ccccc23)cc1. The average molecular weight is 332 g/mol. The Balaban J connectivity index is 2.00. The molecule has 0 N–H and O–H groups in total. The summed E-state index contributed by atoms with van der Waals surface area (Å²) < 4.78 is 7.16. The molecule has 0 aliphatic carbocycles. The third kappa shape index (κ3) is 2.71. The molecule has 0 bridgehead atoms. The highest BCUT2D eigenvalue weighted by Crippen LogP contribution is 2.30. The lowest BCUT2D eigenvalue weighted by Gasteiger charge is -2.10. The molecular formula is C20H20N4O. The summed E-state index contributed by atoms with van der Waals surface area (Å²) in [6, 6.07) is 16.2. The van der Waals surface area contributed by atoms with Crippen molar-refractivity contribution in [1.82, 2.24) is 19.8 Å². The molecule has 0 unspecified atom stereocenters. The summed E-state index contributed by atoms with van der Waals surface area (Å²) in [7, 11) is 1.67. The summed E-state index contributed by atoms with van der Waals surface area (Å²) in [6.45, 7) is 4.35. The van der Waals surface area contributed by atoms with Gasteiger partial charge in [-0.1, -0.05) is 38.1 Å². The third-order valence-electron chi connectivity index (χ3n) is 4.28. The van der Waals surface area contributed by atoms with E-state index in [9.17, 15) is 0 Å². The second-order valence-corrected chi connectivity index (χ2v) is 6.57. The molecule has 2 aromatic heterocycles. The van der Waals surface area contributed by atoms with Crippen molar-refractivity contribution in [1.29, 1.82) is 0 Å². The maximum Gasteiger partial charge on any atom is 0.185 e. The molecule has 0 radical (unpaired) electrons. The van der Waals surface area contributed by atoms with Crippen molar-refractivity contribution in [3.8, 4) is 17.0 Å². The van der Waals surface area contributed by atoms with Gasteiger partial charge in [0.25, 0.3) is 0 Å². The van der Waals surface area contributed by atoms with E-state index < -0.39 is 0 Å². The van der Waals surface area contributed by atoms with Crippen LogP contribution in [0.4, 0.5) is 0 Å². The molecule has 5 heteroatoms. The van der Waals surface area contributed by atoms with Crippen molar-refractivity contribution in [2.75, 3.05) is 7.11 Å². The number of methoxy groups -OCH3 is 1. The van der Waals surface area contributed by atoms with Crippen LogP contribution in [0.5, 0.6) is 5.75 Å². The number of benzene rings is 2. The molecule has 4 rings (SSSR count). The van der Waals surface area contributed by atoms with Gasteiger partial charge in [-0.3, -0.25) is 0 Å². The lowest BCUT2D eigenvalue weighted by Crippen LogP contribution is -2.05. The van der Waals surface area contributed by atoms with E-state index in [1.54, 1.807) is 7.11 Å². The Morgan fingerprint density at radius 1 is 0.960 bits per heavy atom. The Labute approximate surface area is 146 Å². The first-order chi connectivity index (χ1) is 12.2. The van der Waals surface area contributed by atoms with Gasteiger partial charge in [-0.25, -0.2) is 0 Å². The van der Waals surface area contributed by atoms with Crippen molar-refractivity contribution < 1.29 is 4.74 Å². The smallest absolute Gasteiger partial charge is 0.185 e. The van der Waals surface area contributed by atoms with E-state index in [0.29, 0.717) is 5.92 Å². The Bertz CT molecular complexity index is 1030. The van der Waals surface area contributed by atoms with Gasteiger partial charge >= 0.3 is 0 Å². The number of nitrogens with zero attached hydrogens (tertiary/aromatic N) is 4. The summed E-state index contributed by atoms with van der Waals surface area (Å²) in [5, 5.41) is 15.8. The predicted octanol–water partition coefficient (Wildman–Crippen LogP) is 4.15. The quantitative estimate of drug-likeness (QED) is 0.563. The first-order valence-electron chi connectivity index (χ1n) is 8.45. The Hall–Kier alpha value is -2.95. The third-order valence-corrected chi connectivity index (χ3v) is 4.28. The van der Waals surface area contributed by atoms with Crippen molar-refractivity contribution >= 4 is 16.4 Å². The lowest BCUT2D eigenvalue weighted by molar-refractivity contribution is 0.415. The van der Waals surface area contributed by atoms with E-state index in [4.69, 9.17) is 9.84 Å². The molecule has 0 aliphatic rings. The molecular weight excluding hydrogens is 312 g/mol. The van der Waals surface area contributed by atoms with Crippen LogP contribution in [0.2, 0.25) is 0 Å². The van der Waals surface area contributed by atoms with E-state index in [1.807, 2.05) is 40.9 Å². The fourth-order valence-electron chi connectivity index (χ4n) is 3.08. The zero-order valence-corrected chi connectivity index (χ0v) is 14.6. The Morgan fingerprint density at radius 3 is 2.36 bits per heavy atom. The van der Waals surface area contributed by atoms with E-state index in [2.05, 4.69) is 36.2 Å². The van der Waals surface area contributed by atoms with Gasteiger partial charge in [-0.2, -0.15) is 9.61 Å². The van der Waals surface area contributed by atoms with E-state index in [0.717, 1.165) is 45.7 Å². The number of ether oxygens (including phenoxy) is 1. The summed E-state index contributed by atoms with van der Waals surface area (Å²) >= 11 is 0.